The molecule has 20 heavy (non-hydrogen) atoms. The Morgan fingerprint density at radius 3 is 2.65 bits per heavy atom. The lowest BCUT2D eigenvalue weighted by atomic mass is 10.0. The van der Waals surface area contributed by atoms with E-state index in [1.54, 1.807) is 12.1 Å². The average Bonchev–Trinajstić information content (AvgIpc) is 2.40. The quantitative estimate of drug-likeness (QED) is 0.588. The maximum Gasteiger partial charge on any atom is 0.179 e. The molecule has 0 aromatic heterocycles. The summed E-state index contributed by atoms with van der Waals surface area (Å²) in [7, 11) is 0. The predicted octanol–water partition coefficient (Wildman–Crippen LogP) is 3.62. The smallest absolute Gasteiger partial charge is 0.179 e. The summed E-state index contributed by atoms with van der Waals surface area (Å²) < 4.78 is 5.46. The summed E-state index contributed by atoms with van der Waals surface area (Å²) in [4.78, 5) is 12.2. The largest absolute Gasteiger partial charge is 0.379 e. The van der Waals surface area contributed by atoms with Gasteiger partial charge in [0.2, 0.25) is 0 Å². The first-order valence-corrected chi connectivity index (χ1v) is 7.45. The van der Waals surface area contributed by atoms with Crippen LogP contribution in [0.25, 0.3) is 0 Å². The molecule has 112 valence electrons. The third-order valence-electron chi connectivity index (χ3n) is 3.06. The first kappa shape index (κ1) is 17.2. The highest BCUT2D eigenvalue weighted by Gasteiger charge is 2.14. The van der Waals surface area contributed by atoms with Crippen LogP contribution in [0.2, 0.25) is 5.02 Å². The van der Waals surface area contributed by atoms with E-state index in [1.807, 2.05) is 33.8 Å². The van der Waals surface area contributed by atoms with Crippen molar-refractivity contribution in [2.24, 2.45) is 0 Å². The Morgan fingerprint density at radius 1 is 1.35 bits per heavy atom. The molecule has 0 heterocycles. The Kier molecular flexibility index (Phi) is 7.20. The molecule has 1 unspecified atom stereocenters. The number of carbonyl (C=O) groups excluding carboxylic acids is 1. The van der Waals surface area contributed by atoms with Gasteiger partial charge in [0.15, 0.2) is 5.78 Å². The van der Waals surface area contributed by atoms with Crippen LogP contribution in [0.5, 0.6) is 0 Å². The minimum absolute atomic E-state index is 0.0922. The Labute approximate surface area is 126 Å². The highest BCUT2D eigenvalue weighted by Crippen LogP contribution is 2.17. The fourth-order valence-electron chi connectivity index (χ4n) is 1.85. The standard InChI is InChI=1S/C16H24ClNO2/c1-11(2)20-9-5-8-18-13(4)16(19)14-6-7-15(17)12(3)10-14/h6-7,10-11,13,18H,5,8-9H2,1-4H3. The molecule has 0 spiro atoms. The number of nitrogens with one attached hydrogen (secondary N) is 1. The van der Waals surface area contributed by atoms with E-state index in [-0.39, 0.29) is 17.9 Å². The van der Waals surface area contributed by atoms with E-state index in [1.165, 1.54) is 0 Å². The van der Waals surface area contributed by atoms with E-state index in [0.29, 0.717) is 17.2 Å². The van der Waals surface area contributed by atoms with E-state index < -0.39 is 0 Å². The molecule has 1 rings (SSSR count). The number of carbonyl (C=O) groups is 1. The van der Waals surface area contributed by atoms with Crippen LogP contribution >= 0.6 is 11.6 Å². The summed E-state index contributed by atoms with van der Waals surface area (Å²) >= 11 is 5.97. The third kappa shape index (κ3) is 5.61. The van der Waals surface area contributed by atoms with Gasteiger partial charge in [-0.25, -0.2) is 0 Å². The van der Waals surface area contributed by atoms with Crippen LogP contribution in [0.3, 0.4) is 0 Å². The Hall–Kier alpha value is -0.900. The van der Waals surface area contributed by atoms with Gasteiger partial charge < -0.3 is 10.1 Å². The van der Waals surface area contributed by atoms with Crippen molar-refractivity contribution in [1.29, 1.82) is 0 Å². The summed E-state index contributed by atoms with van der Waals surface area (Å²) in [5.41, 5.74) is 1.63. The first-order chi connectivity index (χ1) is 9.41. The predicted molar refractivity (Wildman–Crippen MR) is 83.7 cm³/mol. The van der Waals surface area contributed by atoms with Crippen molar-refractivity contribution in [3.63, 3.8) is 0 Å². The number of ether oxygens (including phenoxy) is 1. The van der Waals surface area contributed by atoms with Crippen molar-refractivity contribution in [3.8, 4) is 0 Å². The Balaban J connectivity index is 2.40. The van der Waals surface area contributed by atoms with Gasteiger partial charge in [-0.3, -0.25) is 4.79 Å². The molecule has 1 N–H and O–H groups in total. The Morgan fingerprint density at radius 2 is 2.05 bits per heavy atom. The second-order valence-electron chi connectivity index (χ2n) is 5.28. The molecule has 0 aliphatic rings. The molecule has 0 aliphatic carbocycles. The molecule has 0 aliphatic heterocycles. The number of benzene rings is 1. The van der Waals surface area contributed by atoms with Crippen molar-refractivity contribution in [2.45, 2.75) is 46.3 Å². The van der Waals surface area contributed by atoms with Crippen molar-refractivity contribution in [3.05, 3.63) is 34.3 Å². The highest BCUT2D eigenvalue weighted by atomic mass is 35.5. The van der Waals surface area contributed by atoms with Gasteiger partial charge in [-0.15, -0.1) is 0 Å². The van der Waals surface area contributed by atoms with Crippen molar-refractivity contribution < 1.29 is 9.53 Å². The van der Waals surface area contributed by atoms with Crippen molar-refractivity contribution >= 4 is 17.4 Å². The van der Waals surface area contributed by atoms with E-state index >= 15 is 0 Å². The summed E-state index contributed by atoms with van der Waals surface area (Å²) in [6.07, 6.45) is 1.15. The SMILES string of the molecule is Cc1cc(C(=O)C(C)NCCCOC(C)C)ccc1Cl. The van der Waals surface area contributed by atoms with Crippen LogP contribution in [-0.2, 0) is 4.74 Å². The number of aryl methyl sites for hydroxylation is 1. The lowest BCUT2D eigenvalue weighted by molar-refractivity contribution is 0.0760. The summed E-state index contributed by atoms with van der Waals surface area (Å²) in [6.45, 7) is 9.30. The number of rotatable bonds is 8. The van der Waals surface area contributed by atoms with Crippen LogP contribution in [0.4, 0.5) is 0 Å². The van der Waals surface area contributed by atoms with E-state index in [2.05, 4.69) is 5.32 Å². The van der Waals surface area contributed by atoms with Gasteiger partial charge >= 0.3 is 0 Å². The molecule has 0 saturated heterocycles. The number of ketones is 1. The lowest BCUT2D eigenvalue weighted by Gasteiger charge is -2.14. The topological polar surface area (TPSA) is 38.3 Å². The summed E-state index contributed by atoms with van der Waals surface area (Å²) in [6, 6.07) is 5.19. The number of halogens is 1. The maximum absolute atomic E-state index is 12.2. The van der Waals surface area contributed by atoms with E-state index in [9.17, 15) is 4.79 Å². The van der Waals surface area contributed by atoms with Gasteiger partial charge in [0, 0.05) is 17.2 Å². The zero-order chi connectivity index (χ0) is 15.1. The van der Waals surface area contributed by atoms with E-state index in [0.717, 1.165) is 18.5 Å². The summed E-state index contributed by atoms with van der Waals surface area (Å²) in [5, 5.41) is 3.91. The van der Waals surface area contributed by atoms with Crippen molar-refractivity contribution in [1.82, 2.24) is 5.32 Å². The molecule has 0 saturated carbocycles. The zero-order valence-electron chi connectivity index (χ0n) is 12.7. The molecule has 0 fully saturated rings. The molecule has 1 aromatic rings. The first-order valence-electron chi connectivity index (χ1n) is 7.07. The molecular formula is C16H24ClNO2. The minimum Gasteiger partial charge on any atom is -0.379 e. The maximum atomic E-state index is 12.2. The van der Waals surface area contributed by atoms with Crippen molar-refractivity contribution in [2.75, 3.05) is 13.2 Å². The Bertz CT molecular complexity index is 446. The van der Waals surface area contributed by atoms with Crippen LogP contribution in [0.1, 0.15) is 43.1 Å². The normalized spacial score (nSPS) is 12.7. The second-order valence-corrected chi connectivity index (χ2v) is 5.68. The third-order valence-corrected chi connectivity index (χ3v) is 3.48. The molecule has 1 aromatic carbocycles. The van der Waals surface area contributed by atoms with Crippen LogP contribution in [0.15, 0.2) is 18.2 Å². The van der Waals surface area contributed by atoms with Gasteiger partial charge in [0.25, 0.3) is 0 Å². The number of Topliss-reactive ketones (excluding diaryl/α,β-unsaturated/α-hetero) is 1. The number of hydrogen-bond donors (Lipinski definition) is 1. The van der Waals surface area contributed by atoms with Gasteiger partial charge in [-0.2, -0.15) is 0 Å². The van der Waals surface area contributed by atoms with Crippen LogP contribution in [0, 0.1) is 6.92 Å². The summed E-state index contributed by atoms with van der Waals surface area (Å²) in [5.74, 6) is 0.0922. The number of hydrogen-bond acceptors (Lipinski definition) is 3. The molecule has 0 bridgehead atoms. The lowest BCUT2D eigenvalue weighted by Crippen LogP contribution is -2.35. The molecule has 0 amide bonds. The van der Waals surface area contributed by atoms with Crippen LogP contribution < -0.4 is 5.32 Å². The highest BCUT2D eigenvalue weighted by molar-refractivity contribution is 6.31. The zero-order valence-corrected chi connectivity index (χ0v) is 13.5. The molecule has 0 radical (unpaired) electrons. The molecule has 3 nitrogen and oxygen atoms in total. The van der Waals surface area contributed by atoms with Crippen LogP contribution in [-0.4, -0.2) is 31.1 Å². The van der Waals surface area contributed by atoms with Gasteiger partial charge in [0.05, 0.1) is 12.1 Å². The minimum atomic E-state index is -0.199. The van der Waals surface area contributed by atoms with Gasteiger partial charge in [-0.1, -0.05) is 11.6 Å². The molecule has 4 heteroatoms. The average molecular weight is 298 g/mol. The fourth-order valence-corrected chi connectivity index (χ4v) is 1.97. The van der Waals surface area contributed by atoms with E-state index in [4.69, 9.17) is 16.3 Å². The second kappa shape index (κ2) is 8.40. The fraction of sp³-hybridized carbons (Fsp3) is 0.562. The molecular weight excluding hydrogens is 274 g/mol. The molecule has 1 atom stereocenters. The monoisotopic (exact) mass is 297 g/mol. The van der Waals surface area contributed by atoms with Gasteiger partial charge in [0.1, 0.15) is 0 Å². The van der Waals surface area contributed by atoms with Gasteiger partial charge in [-0.05, 0) is 64.4 Å².